The number of hydrogen-bond acceptors (Lipinski definition) is 3. The van der Waals surface area contributed by atoms with Crippen LogP contribution in [0.2, 0.25) is 0 Å². The molecular formula is C15H22N2O2. The molecule has 2 N–H and O–H groups in total. The van der Waals surface area contributed by atoms with Crippen molar-refractivity contribution in [1.29, 1.82) is 0 Å². The van der Waals surface area contributed by atoms with E-state index in [1.165, 1.54) is 32.1 Å². The van der Waals surface area contributed by atoms with Gasteiger partial charge in [0, 0.05) is 17.7 Å². The highest BCUT2D eigenvalue weighted by Crippen LogP contribution is 2.28. The highest BCUT2D eigenvalue weighted by molar-refractivity contribution is 5.40. The van der Waals surface area contributed by atoms with Crippen LogP contribution in [0.15, 0.2) is 24.3 Å². The van der Waals surface area contributed by atoms with Gasteiger partial charge in [0.2, 0.25) is 0 Å². The third-order valence-corrected chi connectivity index (χ3v) is 4.03. The zero-order valence-corrected chi connectivity index (χ0v) is 11.3. The van der Waals surface area contributed by atoms with Crippen LogP contribution in [-0.2, 0) is 6.42 Å². The van der Waals surface area contributed by atoms with E-state index in [0.717, 1.165) is 12.0 Å². The fourth-order valence-corrected chi connectivity index (χ4v) is 3.08. The topological polar surface area (TPSA) is 69.2 Å². The summed E-state index contributed by atoms with van der Waals surface area (Å²) in [5.74, 6) is 0.714. The van der Waals surface area contributed by atoms with E-state index in [1.807, 2.05) is 12.1 Å². The molecule has 4 nitrogen and oxygen atoms in total. The minimum absolute atomic E-state index is 0.0317. The molecule has 1 fully saturated rings. The van der Waals surface area contributed by atoms with E-state index in [0.29, 0.717) is 12.3 Å². The van der Waals surface area contributed by atoms with Gasteiger partial charge in [-0.05, 0) is 18.8 Å². The van der Waals surface area contributed by atoms with Crippen LogP contribution < -0.4 is 5.73 Å². The van der Waals surface area contributed by atoms with Crippen molar-refractivity contribution in [2.75, 3.05) is 0 Å². The van der Waals surface area contributed by atoms with Gasteiger partial charge in [0.05, 0.1) is 4.92 Å². The van der Waals surface area contributed by atoms with Crippen LogP contribution in [0.25, 0.3) is 0 Å². The molecule has 0 saturated heterocycles. The number of nitro groups is 1. The van der Waals surface area contributed by atoms with Gasteiger partial charge in [0.25, 0.3) is 5.69 Å². The summed E-state index contributed by atoms with van der Waals surface area (Å²) in [6, 6.07) is 6.95. The molecule has 0 bridgehead atoms. The van der Waals surface area contributed by atoms with Crippen LogP contribution in [0, 0.1) is 16.0 Å². The molecule has 0 radical (unpaired) electrons. The Balaban J connectivity index is 1.94. The lowest BCUT2D eigenvalue weighted by Crippen LogP contribution is -2.27. The smallest absolute Gasteiger partial charge is 0.272 e. The maximum atomic E-state index is 11.0. The Morgan fingerprint density at radius 1 is 1.26 bits per heavy atom. The third kappa shape index (κ3) is 4.03. The lowest BCUT2D eigenvalue weighted by Gasteiger charge is -2.24. The first kappa shape index (κ1) is 14.0. The van der Waals surface area contributed by atoms with Gasteiger partial charge in [-0.15, -0.1) is 0 Å². The molecule has 1 aromatic rings. The Morgan fingerprint density at radius 3 is 2.63 bits per heavy atom. The normalized spacial score (nSPS) is 18.2. The van der Waals surface area contributed by atoms with Gasteiger partial charge in [-0.25, -0.2) is 0 Å². The first-order valence-corrected chi connectivity index (χ1v) is 7.14. The van der Waals surface area contributed by atoms with Crippen molar-refractivity contribution in [3.05, 3.63) is 39.9 Å². The Hall–Kier alpha value is -1.42. The van der Waals surface area contributed by atoms with Crippen LogP contribution in [0.5, 0.6) is 0 Å². The highest BCUT2D eigenvalue weighted by atomic mass is 16.6. The van der Waals surface area contributed by atoms with E-state index in [9.17, 15) is 10.1 Å². The number of hydrogen-bond donors (Lipinski definition) is 1. The number of nitrogens with two attached hydrogens (primary N) is 1. The predicted molar refractivity (Wildman–Crippen MR) is 76.0 cm³/mol. The van der Waals surface area contributed by atoms with E-state index in [1.54, 1.807) is 12.1 Å². The van der Waals surface area contributed by atoms with Crippen molar-refractivity contribution in [2.24, 2.45) is 11.7 Å². The second kappa shape index (κ2) is 6.66. The maximum Gasteiger partial charge on any atom is 0.272 e. The molecule has 0 spiro atoms. The lowest BCUT2D eigenvalue weighted by atomic mass is 9.84. The average Bonchev–Trinajstić information content (AvgIpc) is 2.40. The van der Waals surface area contributed by atoms with Crippen molar-refractivity contribution >= 4 is 5.69 Å². The van der Waals surface area contributed by atoms with Crippen molar-refractivity contribution in [3.8, 4) is 0 Å². The molecule has 1 aliphatic rings. The molecule has 104 valence electrons. The Kier molecular flexibility index (Phi) is 4.91. The summed E-state index contributed by atoms with van der Waals surface area (Å²) in [5, 5.41) is 11.0. The minimum Gasteiger partial charge on any atom is -0.327 e. The first-order valence-electron chi connectivity index (χ1n) is 7.14. The second-order valence-corrected chi connectivity index (χ2v) is 5.59. The Bertz CT molecular complexity index is 428. The first-order chi connectivity index (χ1) is 9.16. The van der Waals surface area contributed by atoms with Gasteiger partial charge in [-0.3, -0.25) is 10.1 Å². The minimum atomic E-state index is -0.317. The van der Waals surface area contributed by atoms with Gasteiger partial charge >= 0.3 is 0 Å². The quantitative estimate of drug-likeness (QED) is 0.652. The van der Waals surface area contributed by atoms with Crippen LogP contribution in [-0.4, -0.2) is 11.0 Å². The zero-order chi connectivity index (χ0) is 13.7. The molecule has 1 aromatic carbocycles. The van der Waals surface area contributed by atoms with Crippen LogP contribution in [0.4, 0.5) is 5.69 Å². The average molecular weight is 262 g/mol. The molecule has 1 atom stereocenters. The summed E-state index contributed by atoms with van der Waals surface area (Å²) < 4.78 is 0. The largest absolute Gasteiger partial charge is 0.327 e. The van der Waals surface area contributed by atoms with Crippen LogP contribution >= 0.6 is 0 Å². The van der Waals surface area contributed by atoms with E-state index in [-0.39, 0.29) is 16.7 Å². The summed E-state index contributed by atoms with van der Waals surface area (Å²) >= 11 is 0. The highest BCUT2D eigenvalue weighted by Gasteiger charge is 2.19. The fraction of sp³-hybridized carbons (Fsp3) is 0.600. The van der Waals surface area contributed by atoms with E-state index >= 15 is 0 Å². The summed E-state index contributed by atoms with van der Waals surface area (Å²) in [4.78, 5) is 10.6. The Morgan fingerprint density at radius 2 is 1.95 bits per heavy atom. The summed E-state index contributed by atoms with van der Waals surface area (Å²) in [6.07, 6.45) is 8.09. The van der Waals surface area contributed by atoms with Crippen molar-refractivity contribution in [2.45, 2.75) is 51.0 Å². The Labute approximate surface area is 114 Å². The van der Waals surface area contributed by atoms with Crippen LogP contribution in [0.1, 0.15) is 44.1 Å². The van der Waals surface area contributed by atoms with Crippen molar-refractivity contribution < 1.29 is 4.92 Å². The molecule has 0 amide bonds. The summed E-state index contributed by atoms with van der Waals surface area (Å²) in [5.41, 5.74) is 7.14. The summed E-state index contributed by atoms with van der Waals surface area (Å²) in [6.45, 7) is 0. The third-order valence-electron chi connectivity index (χ3n) is 4.03. The van der Waals surface area contributed by atoms with E-state index < -0.39 is 0 Å². The molecule has 1 unspecified atom stereocenters. The molecule has 1 aliphatic carbocycles. The predicted octanol–water partition coefficient (Wildman–Crippen LogP) is 3.44. The van der Waals surface area contributed by atoms with E-state index in [2.05, 4.69) is 0 Å². The molecule has 0 heterocycles. The molecule has 2 rings (SSSR count). The zero-order valence-electron chi connectivity index (χ0n) is 11.3. The van der Waals surface area contributed by atoms with Gasteiger partial charge in [-0.1, -0.05) is 50.3 Å². The molecular weight excluding hydrogens is 240 g/mol. The van der Waals surface area contributed by atoms with Gasteiger partial charge in [0.15, 0.2) is 0 Å². The van der Waals surface area contributed by atoms with Crippen LogP contribution in [0.3, 0.4) is 0 Å². The molecule has 1 saturated carbocycles. The standard InChI is InChI=1S/C15H22N2O2/c16-14(10-12-6-2-1-3-7-12)11-13-8-4-5-9-15(13)17(18)19/h4-5,8-9,12,14H,1-3,6-7,10-11,16H2. The van der Waals surface area contributed by atoms with Gasteiger partial charge in [-0.2, -0.15) is 0 Å². The summed E-state index contributed by atoms with van der Waals surface area (Å²) in [7, 11) is 0. The number of rotatable bonds is 5. The second-order valence-electron chi connectivity index (χ2n) is 5.59. The molecule has 19 heavy (non-hydrogen) atoms. The van der Waals surface area contributed by atoms with Gasteiger partial charge < -0.3 is 5.73 Å². The van der Waals surface area contributed by atoms with Gasteiger partial charge in [0.1, 0.15) is 0 Å². The molecule has 0 aromatic heterocycles. The maximum absolute atomic E-state index is 11.0. The number of benzene rings is 1. The fourth-order valence-electron chi connectivity index (χ4n) is 3.08. The lowest BCUT2D eigenvalue weighted by molar-refractivity contribution is -0.385. The van der Waals surface area contributed by atoms with Crippen molar-refractivity contribution in [1.82, 2.24) is 0 Å². The monoisotopic (exact) mass is 262 g/mol. The number of para-hydroxylation sites is 1. The SMILES string of the molecule is NC(Cc1ccccc1[N+](=O)[O-])CC1CCCCC1. The van der Waals surface area contributed by atoms with Crippen molar-refractivity contribution in [3.63, 3.8) is 0 Å². The van der Waals surface area contributed by atoms with E-state index in [4.69, 9.17) is 5.73 Å². The number of nitro benzene ring substituents is 1. The number of nitrogens with zero attached hydrogens (tertiary/aromatic N) is 1. The molecule has 4 heteroatoms. The molecule has 0 aliphatic heterocycles.